The van der Waals surface area contributed by atoms with Gasteiger partial charge in [0.05, 0.1) is 12.1 Å². The Labute approximate surface area is 112 Å². The monoisotopic (exact) mass is 271 g/mol. The Balaban J connectivity index is 1.66. The van der Waals surface area contributed by atoms with E-state index in [1.165, 1.54) is 0 Å². The van der Waals surface area contributed by atoms with Gasteiger partial charge in [-0.15, -0.1) is 0 Å². The number of carbonyl (C=O) groups is 2. The van der Waals surface area contributed by atoms with Crippen LogP contribution in [-0.4, -0.2) is 54.0 Å². The summed E-state index contributed by atoms with van der Waals surface area (Å²) < 4.78 is 0. The van der Waals surface area contributed by atoms with Gasteiger partial charge in [-0.05, 0) is 12.8 Å². The lowest BCUT2D eigenvalue weighted by Gasteiger charge is -2.16. The molecule has 18 heavy (non-hydrogen) atoms. The highest BCUT2D eigenvalue weighted by Crippen LogP contribution is 2.33. The highest BCUT2D eigenvalue weighted by molar-refractivity contribution is 8.00. The van der Waals surface area contributed by atoms with Crippen molar-refractivity contribution in [1.29, 1.82) is 0 Å². The van der Waals surface area contributed by atoms with Crippen molar-refractivity contribution in [1.82, 2.24) is 15.5 Å². The molecule has 6 heteroatoms. The minimum absolute atomic E-state index is 0.0296. The third kappa shape index (κ3) is 3.10. The van der Waals surface area contributed by atoms with Gasteiger partial charge in [-0.1, -0.05) is 6.42 Å². The second kappa shape index (κ2) is 5.82. The van der Waals surface area contributed by atoms with Crippen molar-refractivity contribution >= 4 is 23.7 Å². The Kier molecular flexibility index (Phi) is 4.37. The summed E-state index contributed by atoms with van der Waals surface area (Å²) in [5.41, 5.74) is 0. The molecule has 0 aliphatic carbocycles. The summed E-state index contributed by atoms with van der Waals surface area (Å²) in [4.78, 5) is 24.3. The van der Waals surface area contributed by atoms with Crippen LogP contribution < -0.4 is 10.6 Å². The molecule has 2 heterocycles. The SMILES string of the molecule is CN(C)C(=O)CCCCC1SCC2NC(=O)NC21. The van der Waals surface area contributed by atoms with Crippen LogP contribution in [0.3, 0.4) is 0 Å². The van der Waals surface area contributed by atoms with Gasteiger partial charge in [0.2, 0.25) is 5.91 Å². The molecule has 102 valence electrons. The van der Waals surface area contributed by atoms with Gasteiger partial charge < -0.3 is 15.5 Å². The Hall–Kier alpha value is -0.910. The molecule has 5 nitrogen and oxygen atoms in total. The molecule has 0 bridgehead atoms. The normalized spacial score (nSPS) is 29.7. The minimum Gasteiger partial charge on any atom is -0.349 e. The summed E-state index contributed by atoms with van der Waals surface area (Å²) in [5.74, 6) is 1.20. The van der Waals surface area contributed by atoms with Gasteiger partial charge in [0, 0.05) is 31.5 Å². The molecule has 2 rings (SSSR count). The summed E-state index contributed by atoms with van der Waals surface area (Å²) in [6.07, 6.45) is 3.70. The molecule has 0 saturated carbocycles. The Morgan fingerprint density at radius 2 is 2.17 bits per heavy atom. The number of hydrogen-bond donors (Lipinski definition) is 2. The van der Waals surface area contributed by atoms with Crippen LogP contribution in [0.4, 0.5) is 4.79 Å². The lowest BCUT2D eigenvalue weighted by Crippen LogP contribution is -2.36. The van der Waals surface area contributed by atoms with Crippen LogP contribution in [0.5, 0.6) is 0 Å². The Bertz CT molecular complexity index is 335. The van der Waals surface area contributed by atoms with Gasteiger partial charge in [-0.2, -0.15) is 11.8 Å². The van der Waals surface area contributed by atoms with Crippen molar-refractivity contribution in [2.75, 3.05) is 19.8 Å². The second-order valence-corrected chi connectivity index (χ2v) is 6.43. The lowest BCUT2D eigenvalue weighted by molar-refractivity contribution is -0.128. The molecule has 2 aliphatic rings. The molecule has 2 saturated heterocycles. The van der Waals surface area contributed by atoms with E-state index in [9.17, 15) is 9.59 Å². The highest BCUT2D eigenvalue weighted by atomic mass is 32.2. The summed E-state index contributed by atoms with van der Waals surface area (Å²) in [7, 11) is 3.58. The first-order valence-electron chi connectivity index (χ1n) is 6.46. The van der Waals surface area contributed by atoms with E-state index < -0.39 is 0 Å². The van der Waals surface area contributed by atoms with E-state index in [2.05, 4.69) is 10.6 Å². The second-order valence-electron chi connectivity index (χ2n) is 5.16. The van der Waals surface area contributed by atoms with E-state index in [1.54, 1.807) is 19.0 Å². The smallest absolute Gasteiger partial charge is 0.315 e. The van der Waals surface area contributed by atoms with Crippen molar-refractivity contribution in [3.63, 3.8) is 0 Å². The quantitative estimate of drug-likeness (QED) is 0.574. The topological polar surface area (TPSA) is 61.4 Å². The van der Waals surface area contributed by atoms with Crippen molar-refractivity contribution < 1.29 is 9.59 Å². The van der Waals surface area contributed by atoms with Crippen molar-refractivity contribution in [2.24, 2.45) is 0 Å². The van der Waals surface area contributed by atoms with Crippen LogP contribution in [0.1, 0.15) is 25.7 Å². The molecule has 2 aliphatic heterocycles. The van der Waals surface area contributed by atoms with E-state index in [-0.39, 0.29) is 18.0 Å². The largest absolute Gasteiger partial charge is 0.349 e. The van der Waals surface area contributed by atoms with E-state index >= 15 is 0 Å². The van der Waals surface area contributed by atoms with E-state index in [0.717, 1.165) is 25.0 Å². The zero-order chi connectivity index (χ0) is 13.1. The first-order chi connectivity index (χ1) is 8.58. The van der Waals surface area contributed by atoms with E-state index in [4.69, 9.17) is 0 Å². The zero-order valence-corrected chi connectivity index (χ0v) is 11.8. The molecule has 0 aromatic rings. The summed E-state index contributed by atoms with van der Waals surface area (Å²) in [6.45, 7) is 0. The maximum absolute atomic E-state index is 11.4. The molecule has 0 spiro atoms. The standard InChI is InChI=1S/C12H21N3O2S/c1-15(2)10(16)6-4-3-5-9-11-8(7-18-9)13-12(17)14-11/h8-9,11H,3-7H2,1-2H3,(H2,13,14,17). The zero-order valence-electron chi connectivity index (χ0n) is 10.9. The number of urea groups is 1. The van der Waals surface area contributed by atoms with Gasteiger partial charge >= 0.3 is 6.03 Å². The molecular weight excluding hydrogens is 250 g/mol. The molecule has 3 atom stereocenters. The molecule has 3 unspecified atom stereocenters. The molecule has 2 fully saturated rings. The first kappa shape index (κ1) is 13.5. The molecule has 0 aromatic carbocycles. The van der Waals surface area contributed by atoms with Crippen molar-refractivity contribution in [3.05, 3.63) is 0 Å². The number of rotatable bonds is 5. The van der Waals surface area contributed by atoms with Crippen LogP contribution in [0.25, 0.3) is 0 Å². The van der Waals surface area contributed by atoms with Gasteiger partial charge in [-0.25, -0.2) is 4.79 Å². The summed E-state index contributed by atoms with van der Waals surface area (Å²) >= 11 is 1.93. The van der Waals surface area contributed by atoms with Gasteiger partial charge in [0.15, 0.2) is 0 Å². The number of carbonyl (C=O) groups excluding carboxylic acids is 2. The number of nitrogens with one attached hydrogen (secondary N) is 2. The van der Waals surface area contributed by atoms with Gasteiger partial charge in [-0.3, -0.25) is 4.79 Å². The minimum atomic E-state index is -0.0296. The van der Waals surface area contributed by atoms with Crippen molar-refractivity contribution in [3.8, 4) is 0 Å². The molecule has 3 amide bonds. The van der Waals surface area contributed by atoms with Crippen LogP contribution in [-0.2, 0) is 4.79 Å². The average molecular weight is 271 g/mol. The van der Waals surface area contributed by atoms with Gasteiger partial charge in [0.25, 0.3) is 0 Å². The fraction of sp³-hybridized carbons (Fsp3) is 0.833. The number of nitrogens with zero attached hydrogens (tertiary/aromatic N) is 1. The first-order valence-corrected chi connectivity index (χ1v) is 7.51. The number of thioether (sulfide) groups is 1. The maximum Gasteiger partial charge on any atom is 0.315 e. The molecule has 2 N–H and O–H groups in total. The Morgan fingerprint density at radius 1 is 1.39 bits per heavy atom. The van der Waals surface area contributed by atoms with E-state index in [1.807, 2.05) is 11.8 Å². The fourth-order valence-electron chi connectivity index (χ4n) is 2.49. The summed E-state index contributed by atoms with van der Waals surface area (Å²) in [6, 6.07) is 0.557. The number of amides is 3. The number of fused-ring (bicyclic) bond motifs is 1. The predicted molar refractivity (Wildman–Crippen MR) is 72.7 cm³/mol. The molecular formula is C12H21N3O2S. The van der Waals surface area contributed by atoms with E-state index in [0.29, 0.717) is 17.7 Å². The van der Waals surface area contributed by atoms with Crippen LogP contribution in [0.2, 0.25) is 0 Å². The highest BCUT2D eigenvalue weighted by Gasteiger charge is 2.42. The van der Waals surface area contributed by atoms with Crippen LogP contribution >= 0.6 is 11.8 Å². The fourth-order valence-corrected chi connectivity index (χ4v) is 4.03. The third-order valence-electron chi connectivity index (χ3n) is 3.57. The number of unbranched alkanes of at least 4 members (excludes halogenated alkanes) is 1. The maximum atomic E-state index is 11.4. The van der Waals surface area contributed by atoms with Crippen molar-refractivity contribution in [2.45, 2.75) is 43.0 Å². The lowest BCUT2D eigenvalue weighted by atomic mass is 10.0. The Morgan fingerprint density at radius 3 is 2.89 bits per heavy atom. The average Bonchev–Trinajstić information content (AvgIpc) is 2.84. The number of hydrogen-bond acceptors (Lipinski definition) is 3. The van der Waals surface area contributed by atoms with Gasteiger partial charge in [0.1, 0.15) is 0 Å². The molecule has 0 aromatic heterocycles. The third-order valence-corrected chi connectivity index (χ3v) is 5.07. The van der Waals surface area contributed by atoms with Crippen LogP contribution in [0.15, 0.2) is 0 Å². The predicted octanol–water partition coefficient (Wildman–Crippen LogP) is 0.800. The summed E-state index contributed by atoms with van der Waals surface area (Å²) in [5, 5.41) is 6.43. The van der Waals surface area contributed by atoms with Crippen LogP contribution in [0, 0.1) is 0 Å². The molecule has 0 radical (unpaired) electrons.